The van der Waals surface area contributed by atoms with Gasteiger partial charge in [-0.1, -0.05) is 38.5 Å². The van der Waals surface area contributed by atoms with E-state index in [-0.39, 0.29) is 11.3 Å². The van der Waals surface area contributed by atoms with Gasteiger partial charge >= 0.3 is 0 Å². The molecule has 1 aromatic heterocycles. The summed E-state index contributed by atoms with van der Waals surface area (Å²) < 4.78 is 1.14. The number of nitrogens with zero attached hydrogens (tertiary/aromatic N) is 1. The van der Waals surface area contributed by atoms with E-state index in [1.807, 2.05) is 0 Å². The first kappa shape index (κ1) is 20.3. The molecular formula is C19H32N2O3. The smallest absolute Gasteiger partial charge is 0.217 e. The minimum atomic E-state index is -0.210. The van der Waals surface area contributed by atoms with Crippen molar-refractivity contribution in [1.82, 2.24) is 4.73 Å². The van der Waals surface area contributed by atoms with Crippen LogP contribution >= 0.6 is 0 Å². The number of nitrogens with two attached hydrogens (primary N) is 1. The van der Waals surface area contributed by atoms with Crippen LogP contribution in [0.2, 0.25) is 0 Å². The maximum Gasteiger partial charge on any atom is 0.217 e. The Morgan fingerprint density at radius 2 is 1.42 bits per heavy atom. The van der Waals surface area contributed by atoms with Crippen LogP contribution in [0.25, 0.3) is 0 Å². The minimum Gasteiger partial charge on any atom is -0.428 e. The maximum atomic E-state index is 12.3. The zero-order valence-electron chi connectivity index (χ0n) is 15.4. The summed E-state index contributed by atoms with van der Waals surface area (Å²) in [6.45, 7) is 5.33. The molecule has 0 fully saturated rings. The molecule has 0 bridgehead atoms. The summed E-state index contributed by atoms with van der Waals surface area (Å²) in [5, 5.41) is 10.0. The van der Waals surface area contributed by atoms with Gasteiger partial charge in [0.05, 0.1) is 11.4 Å². The molecule has 0 aliphatic heterocycles. The van der Waals surface area contributed by atoms with E-state index in [4.69, 9.17) is 5.73 Å². The Kier molecular flexibility index (Phi) is 8.58. The van der Waals surface area contributed by atoms with Crippen LogP contribution in [-0.4, -0.2) is 15.8 Å². The Labute approximate surface area is 144 Å². The number of amides is 1. The van der Waals surface area contributed by atoms with Gasteiger partial charge < -0.3 is 10.9 Å². The number of rotatable bonds is 11. The van der Waals surface area contributed by atoms with Gasteiger partial charge in [0.15, 0.2) is 5.43 Å². The quantitative estimate of drug-likeness (QED) is 0.478. The second-order valence-electron chi connectivity index (χ2n) is 6.71. The van der Waals surface area contributed by atoms with Crippen LogP contribution in [0.4, 0.5) is 0 Å². The normalized spacial score (nSPS) is 11.0. The minimum absolute atomic E-state index is 0.0738. The van der Waals surface area contributed by atoms with E-state index in [9.17, 15) is 14.8 Å². The predicted octanol–water partition coefficient (Wildman–Crippen LogP) is 3.55. The molecule has 0 saturated heterocycles. The van der Waals surface area contributed by atoms with Crippen LogP contribution in [0.15, 0.2) is 4.79 Å². The molecule has 24 heavy (non-hydrogen) atoms. The van der Waals surface area contributed by atoms with Crippen LogP contribution in [0, 0.1) is 20.8 Å². The molecule has 0 aliphatic carbocycles. The van der Waals surface area contributed by atoms with Gasteiger partial charge in [-0.2, -0.15) is 4.73 Å². The highest BCUT2D eigenvalue weighted by Crippen LogP contribution is 2.14. The first-order valence-electron chi connectivity index (χ1n) is 9.05. The lowest BCUT2D eigenvalue weighted by Crippen LogP contribution is -2.22. The van der Waals surface area contributed by atoms with Gasteiger partial charge in [0.2, 0.25) is 5.91 Å². The van der Waals surface area contributed by atoms with Crippen molar-refractivity contribution >= 4 is 5.91 Å². The van der Waals surface area contributed by atoms with Crippen molar-refractivity contribution in [3.63, 3.8) is 0 Å². The summed E-state index contributed by atoms with van der Waals surface area (Å²) >= 11 is 0. The van der Waals surface area contributed by atoms with E-state index in [0.717, 1.165) is 55.2 Å². The number of unbranched alkanes of at least 4 members (excludes halogenated alkanes) is 7. The van der Waals surface area contributed by atoms with Gasteiger partial charge in [0, 0.05) is 17.5 Å². The fraction of sp³-hybridized carbons (Fsp3) is 0.684. The molecule has 1 aromatic rings. The average Bonchev–Trinajstić information content (AvgIpc) is 2.55. The van der Waals surface area contributed by atoms with Gasteiger partial charge in [0.25, 0.3) is 0 Å². The first-order chi connectivity index (χ1) is 11.4. The fourth-order valence-corrected chi connectivity index (χ4v) is 3.05. The Balaban J connectivity index is 2.25. The number of hydrogen-bond donors (Lipinski definition) is 2. The SMILES string of the molecule is Cc1c(C)n(O)c(C)c(CCCCCCCCCCC(N)=O)c1=O. The van der Waals surface area contributed by atoms with E-state index in [1.165, 1.54) is 12.8 Å². The first-order valence-corrected chi connectivity index (χ1v) is 9.05. The van der Waals surface area contributed by atoms with Crippen LogP contribution < -0.4 is 11.2 Å². The lowest BCUT2D eigenvalue weighted by Gasteiger charge is -2.14. The topological polar surface area (TPSA) is 85.3 Å². The van der Waals surface area contributed by atoms with E-state index < -0.39 is 0 Å². The van der Waals surface area contributed by atoms with Gasteiger partial charge in [-0.15, -0.1) is 0 Å². The number of hydrogen-bond acceptors (Lipinski definition) is 3. The molecule has 3 N–H and O–H groups in total. The molecule has 0 atom stereocenters. The summed E-state index contributed by atoms with van der Waals surface area (Å²) in [6.07, 6.45) is 9.94. The van der Waals surface area contributed by atoms with E-state index >= 15 is 0 Å². The summed E-state index contributed by atoms with van der Waals surface area (Å²) in [7, 11) is 0. The Bertz CT molecular complexity index is 606. The van der Waals surface area contributed by atoms with E-state index in [0.29, 0.717) is 23.4 Å². The van der Waals surface area contributed by atoms with Crippen molar-refractivity contribution in [3.05, 3.63) is 32.7 Å². The number of primary amides is 1. The molecule has 5 heteroatoms. The van der Waals surface area contributed by atoms with Gasteiger partial charge in [-0.05, 0) is 40.0 Å². The summed E-state index contributed by atoms with van der Waals surface area (Å²) in [6, 6.07) is 0. The van der Waals surface area contributed by atoms with Gasteiger partial charge in [-0.25, -0.2) is 0 Å². The summed E-state index contributed by atoms with van der Waals surface area (Å²) in [4.78, 5) is 22.9. The third kappa shape index (κ3) is 6.02. The summed E-state index contributed by atoms with van der Waals surface area (Å²) in [5.74, 6) is -0.210. The largest absolute Gasteiger partial charge is 0.428 e. The van der Waals surface area contributed by atoms with Gasteiger partial charge in [-0.3, -0.25) is 9.59 Å². The third-order valence-corrected chi connectivity index (χ3v) is 4.83. The molecule has 0 aliphatic rings. The highest BCUT2D eigenvalue weighted by Gasteiger charge is 2.13. The molecule has 0 saturated carbocycles. The highest BCUT2D eigenvalue weighted by atomic mass is 16.5. The molecule has 0 radical (unpaired) electrons. The number of aromatic nitrogens is 1. The second kappa shape index (κ2) is 10.2. The molecule has 136 valence electrons. The third-order valence-electron chi connectivity index (χ3n) is 4.83. The summed E-state index contributed by atoms with van der Waals surface area (Å²) in [5.41, 5.74) is 7.84. The monoisotopic (exact) mass is 336 g/mol. The second-order valence-corrected chi connectivity index (χ2v) is 6.71. The maximum absolute atomic E-state index is 12.3. The van der Waals surface area contributed by atoms with Crippen LogP contribution in [0.1, 0.15) is 80.3 Å². The number of carbonyl (C=O) groups excluding carboxylic acids is 1. The molecule has 5 nitrogen and oxygen atoms in total. The van der Waals surface area contributed by atoms with E-state index in [2.05, 4.69) is 0 Å². The lowest BCUT2D eigenvalue weighted by atomic mass is 10.0. The highest BCUT2D eigenvalue weighted by molar-refractivity contribution is 5.73. The molecule has 0 spiro atoms. The standard InChI is InChI=1S/C19H32N2O3/c1-14-15(2)21(24)16(3)17(19(14)23)12-10-8-6-4-5-7-9-11-13-18(20)22/h24H,4-13H2,1-3H3,(H2,20,22). The molecule has 1 heterocycles. The Hall–Kier alpha value is -1.78. The zero-order valence-corrected chi connectivity index (χ0v) is 15.4. The van der Waals surface area contributed by atoms with Crippen molar-refractivity contribution in [3.8, 4) is 0 Å². The lowest BCUT2D eigenvalue weighted by molar-refractivity contribution is -0.118. The van der Waals surface area contributed by atoms with Gasteiger partial charge in [0.1, 0.15) is 0 Å². The van der Waals surface area contributed by atoms with Crippen molar-refractivity contribution in [2.24, 2.45) is 5.73 Å². The Morgan fingerprint density at radius 3 is 1.96 bits per heavy atom. The molecule has 1 amide bonds. The van der Waals surface area contributed by atoms with Crippen LogP contribution in [-0.2, 0) is 11.2 Å². The molecular weight excluding hydrogens is 304 g/mol. The predicted molar refractivity (Wildman–Crippen MR) is 96.5 cm³/mol. The van der Waals surface area contributed by atoms with Crippen molar-refractivity contribution in [2.75, 3.05) is 0 Å². The fourth-order valence-electron chi connectivity index (χ4n) is 3.05. The zero-order chi connectivity index (χ0) is 18.1. The van der Waals surface area contributed by atoms with Crippen LogP contribution in [0.5, 0.6) is 0 Å². The van der Waals surface area contributed by atoms with E-state index in [1.54, 1.807) is 20.8 Å². The average molecular weight is 336 g/mol. The molecule has 0 unspecified atom stereocenters. The number of carbonyl (C=O) groups is 1. The Morgan fingerprint density at radius 1 is 0.917 bits per heavy atom. The van der Waals surface area contributed by atoms with Crippen molar-refractivity contribution in [2.45, 2.75) is 85.0 Å². The molecule has 0 aromatic carbocycles. The van der Waals surface area contributed by atoms with Crippen molar-refractivity contribution < 1.29 is 10.0 Å². The number of pyridine rings is 1. The van der Waals surface area contributed by atoms with Crippen LogP contribution in [0.3, 0.4) is 0 Å². The van der Waals surface area contributed by atoms with Crippen molar-refractivity contribution in [1.29, 1.82) is 0 Å². The molecule has 1 rings (SSSR count).